The van der Waals surface area contributed by atoms with E-state index in [2.05, 4.69) is 4.90 Å². The van der Waals surface area contributed by atoms with Gasteiger partial charge in [-0.2, -0.15) is 18.4 Å². The molecule has 1 amide bonds. The zero-order chi connectivity index (χ0) is 27.7. The van der Waals surface area contributed by atoms with E-state index in [1.807, 2.05) is 0 Å². The first-order valence-electron chi connectivity index (χ1n) is 13.4. The normalized spacial score (nSPS) is 26.5. The van der Waals surface area contributed by atoms with Crippen LogP contribution in [0.25, 0.3) is 0 Å². The molecule has 4 aliphatic rings. The Morgan fingerprint density at radius 3 is 2.23 bits per heavy atom. The fourth-order valence-electron chi connectivity index (χ4n) is 6.18. The van der Waals surface area contributed by atoms with Gasteiger partial charge in [0.2, 0.25) is 0 Å². The summed E-state index contributed by atoms with van der Waals surface area (Å²) in [5, 5.41) is 21.5. The number of amides is 1. The SMILES string of the molecule is N#Cc1cc2c(c(C(F)(F)F)c1)C(O)(c1ccc(Cl)cc1Cl)C(=O)N2C[C@H]1C[C@H](N(CC2CC2)CC2CC2)C1. The van der Waals surface area contributed by atoms with E-state index in [-0.39, 0.29) is 39.3 Å². The molecular formula is C29H28Cl2F3N3O2. The molecule has 5 nitrogen and oxygen atoms in total. The summed E-state index contributed by atoms with van der Waals surface area (Å²) in [6.07, 6.45) is 1.82. The highest BCUT2D eigenvalue weighted by Crippen LogP contribution is 2.53. The standard InChI is InChI=1S/C29H28Cl2F3N3O2/c30-20-5-6-22(24(31)11-20)28(39)26-23(29(32,33)34)9-18(12-35)10-25(26)37(27(28)38)15-19-7-21(8-19)36(13-16-1-2-16)14-17-3-4-17/h5-6,9-11,16-17,19,21,39H,1-4,7-8,13-15H2/t19-,21-,28?. The summed E-state index contributed by atoms with van der Waals surface area (Å²) in [6.45, 7) is 2.34. The minimum Gasteiger partial charge on any atom is -0.372 e. The van der Waals surface area contributed by atoms with Gasteiger partial charge in [-0.3, -0.25) is 9.69 Å². The third kappa shape index (κ3) is 4.93. The Balaban J connectivity index is 1.34. The Morgan fingerprint density at radius 1 is 1.05 bits per heavy atom. The Morgan fingerprint density at radius 2 is 1.69 bits per heavy atom. The number of hydrogen-bond donors (Lipinski definition) is 1. The van der Waals surface area contributed by atoms with Crippen molar-refractivity contribution in [3.05, 3.63) is 62.6 Å². The van der Waals surface area contributed by atoms with Crippen molar-refractivity contribution >= 4 is 34.8 Å². The van der Waals surface area contributed by atoms with E-state index in [0.29, 0.717) is 12.1 Å². The van der Waals surface area contributed by atoms with Gasteiger partial charge in [-0.05, 0) is 80.5 Å². The number of rotatable bonds is 8. The van der Waals surface area contributed by atoms with Crippen LogP contribution < -0.4 is 4.90 Å². The van der Waals surface area contributed by atoms with Gasteiger partial charge in [0.15, 0.2) is 5.60 Å². The number of benzene rings is 2. The van der Waals surface area contributed by atoms with E-state index in [4.69, 9.17) is 23.2 Å². The summed E-state index contributed by atoms with van der Waals surface area (Å²) in [5.41, 5.74) is -5.02. The molecule has 1 atom stereocenters. The van der Waals surface area contributed by atoms with Crippen LogP contribution in [0.1, 0.15) is 60.8 Å². The van der Waals surface area contributed by atoms with Crippen LogP contribution in [0.15, 0.2) is 30.3 Å². The highest BCUT2D eigenvalue weighted by Gasteiger charge is 2.57. The van der Waals surface area contributed by atoms with Crippen molar-refractivity contribution in [1.82, 2.24) is 4.90 Å². The average Bonchev–Trinajstić information content (AvgIpc) is 3.78. The molecule has 1 aliphatic heterocycles. The van der Waals surface area contributed by atoms with Crippen LogP contribution in [-0.2, 0) is 16.6 Å². The molecule has 39 heavy (non-hydrogen) atoms. The molecule has 0 bridgehead atoms. The summed E-state index contributed by atoms with van der Waals surface area (Å²) < 4.78 is 43.0. The van der Waals surface area contributed by atoms with Crippen LogP contribution in [0.3, 0.4) is 0 Å². The number of nitriles is 1. The minimum atomic E-state index is -4.92. The first kappa shape index (κ1) is 26.9. The van der Waals surface area contributed by atoms with Crippen LogP contribution >= 0.6 is 23.2 Å². The minimum absolute atomic E-state index is 0.0656. The number of carbonyl (C=O) groups is 1. The molecule has 0 spiro atoms. The summed E-state index contributed by atoms with van der Waals surface area (Å²) >= 11 is 12.3. The second kappa shape index (κ2) is 9.66. The zero-order valence-electron chi connectivity index (χ0n) is 21.1. The molecule has 6 rings (SSSR count). The molecule has 10 heteroatoms. The first-order chi connectivity index (χ1) is 18.5. The van der Waals surface area contributed by atoms with Gasteiger partial charge in [-0.15, -0.1) is 0 Å². The number of hydrogen-bond acceptors (Lipinski definition) is 4. The van der Waals surface area contributed by atoms with Crippen molar-refractivity contribution in [3.63, 3.8) is 0 Å². The van der Waals surface area contributed by atoms with Gasteiger partial charge in [0.05, 0.1) is 22.9 Å². The van der Waals surface area contributed by atoms with E-state index in [1.54, 1.807) is 6.07 Å². The van der Waals surface area contributed by atoms with E-state index in [1.165, 1.54) is 54.8 Å². The van der Waals surface area contributed by atoms with Crippen molar-refractivity contribution in [1.29, 1.82) is 5.26 Å². The number of carbonyl (C=O) groups excluding carboxylic acids is 1. The molecule has 1 unspecified atom stereocenters. The predicted molar refractivity (Wildman–Crippen MR) is 142 cm³/mol. The Labute approximate surface area is 235 Å². The molecule has 1 heterocycles. The van der Waals surface area contributed by atoms with Crippen molar-refractivity contribution in [2.24, 2.45) is 17.8 Å². The van der Waals surface area contributed by atoms with Crippen molar-refractivity contribution in [2.45, 2.75) is 56.3 Å². The number of anilines is 1. The molecule has 0 radical (unpaired) electrons. The van der Waals surface area contributed by atoms with E-state index in [0.717, 1.165) is 37.8 Å². The second-order valence-electron chi connectivity index (χ2n) is 11.6. The monoisotopic (exact) mass is 577 g/mol. The van der Waals surface area contributed by atoms with Gasteiger partial charge in [0.1, 0.15) is 0 Å². The van der Waals surface area contributed by atoms with E-state index >= 15 is 0 Å². The molecule has 0 saturated heterocycles. The first-order valence-corrected chi connectivity index (χ1v) is 14.1. The Kier molecular flexibility index (Phi) is 6.66. The molecule has 2 aromatic rings. The van der Waals surface area contributed by atoms with Crippen LogP contribution in [-0.4, -0.2) is 41.6 Å². The molecule has 3 saturated carbocycles. The maximum absolute atomic E-state index is 14.3. The largest absolute Gasteiger partial charge is 0.416 e. The molecule has 206 valence electrons. The molecule has 2 aromatic carbocycles. The quantitative estimate of drug-likeness (QED) is 0.396. The topological polar surface area (TPSA) is 67.6 Å². The zero-order valence-corrected chi connectivity index (χ0v) is 22.7. The third-order valence-electron chi connectivity index (χ3n) is 8.63. The lowest BCUT2D eigenvalue weighted by molar-refractivity contribution is -0.142. The number of halogens is 5. The van der Waals surface area contributed by atoms with Gasteiger partial charge in [0.25, 0.3) is 5.91 Å². The Hall–Kier alpha value is -2.31. The van der Waals surface area contributed by atoms with Gasteiger partial charge >= 0.3 is 6.18 Å². The summed E-state index contributed by atoms with van der Waals surface area (Å²) in [7, 11) is 0. The lowest BCUT2D eigenvalue weighted by atomic mass is 9.78. The maximum atomic E-state index is 14.3. The fourth-order valence-corrected chi connectivity index (χ4v) is 6.72. The second-order valence-corrected chi connectivity index (χ2v) is 12.5. The molecular weight excluding hydrogens is 550 g/mol. The van der Waals surface area contributed by atoms with Crippen LogP contribution in [0.5, 0.6) is 0 Å². The summed E-state index contributed by atoms with van der Waals surface area (Å²) in [6, 6.07) is 8.04. The fraction of sp³-hybridized carbons (Fsp3) is 0.517. The van der Waals surface area contributed by atoms with Crippen LogP contribution in [0, 0.1) is 29.1 Å². The number of fused-ring (bicyclic) bond motifs is 1. The lowest BCUT2D eigenvalue weighted by Crippen LogP contribution is -2.51. The van der Waals surface area contributed by atoms with Crippen LogP contribution in [0.2, 0.25) is 10.0 Å². The van der Waals surface area contributed by atoms with Crippen LogP contribution in [0.4, 0.5) is 18.9 Å². The van der Waals surface area contributed by atoms with E-state index < -0.39 is 28.8 Å². The van der Waals surface area contributed by atoms with Gasteiger partial charge < -0.3 is 10.0 Å². The van der Waals surface area contributed by atoms with Gasteiger partial charge in [0, 0.05) is 46.8 Å². The average molecular weight is 578 g/mol. The Bertz CT molecular complexity index is 1350. The van der Waals surface area contributed by atoms with Crippen molar-refractivity contribution < 1.29 is 23.1 Å². The number of nitrogens with zero attached hydrogens (tertiary/aromatic N) is 3. The van der Waals surface area contributed by atoms with Crippen molar-refractivity contribution in [2.75, 3.05) is 24.5 Å². The smallest absolute Gasteiger partial charge is 0.372 e. The molecule has 3 aliphatic carbocycles. The van der Waals surface area contributed by atoms with Gasteiger partial charge in [-0.25, -0.2) is 0 Å². The summed E-state index contributed by atoms with van der Waals surface area (Å²) in [4.78, 5) is 17.7. The van der Waals surface area contributed by atoms with Gasteiger partial charge in [-0.1, -0.05) is 29.3 Å². The molecule has 3 fully saturated rings. The molecule has 1 N–H and O–H groups in total. The highest BCUT2D eigenvalue weighted by molar-refractivity contribution is 6.35. The number of alkyl halides is 3. The summed E-state index contributed by atoms with van der Waals surface area (Å²) in [5.74, 6) is 0.688. The molecule has 0 aromatic heterocycles. The van der Waals surface area contributed by atoms with E-state index in [9.17, 15) is 28.3 Å². The number of aliphatic hydroxyl groups is 1. The van der Waals surface area contributed by atoms with Crippen molar-refractivity contribution in [3.8, 4) is 6.07 Å². The maximum Gasteiger partial charge on any atom is 0.416 e. The predicted octanol–water partition coefficient (Wildman–Crippen LogP) is 6.37. The third-order valence-corrected chi connectivity index (χ3v) is 9.18. The lowest BCUT2D eigenvalue weighted by Gasteiger charge is -2.44. The highest BCUT2D eigenvalue weighted by atomic mass is 35.5.